The summed E-state index contributed by atoms with van der Waals surface area (Å²) in [5, 5.41) is 19.5. The third kappa shape index (κ3) is 2.96. The van der Waals surface area contributed by atoms with Crippen molar-refractivity contribution >= 4 is 34.6 Å². The summed E-state index contributed by atoms with van der Waals surface area (Å²) in [4.78, 5) is 17.5. The second-order valence-corrected chi connectivity index (χ2v) is 8.14. The molecule has 0 radical (unpaired) electrons. The van der Waals surface area contributed by atoms with Crippen LogP contribution in [-0.2, 0) is 4.79 Å². The van der Waals surface area contributed by atoms with Crippen LogP contribution in [0.5, 0.6) is 0 Å². The Kier molecular flexibility index (Phi) is 4.36. The first-order valence-electron chi connectivity index (χ1n) is 8.45. The fraction of sp³-hybridized carbons (Fsp3) is 0.263. The number of carboxylic acids is 1. The van der Waals surface area contributed by atoms with E-state index in [-0.39, 0.29) is 6.42 Å². The van der Waals surface area contributed by atoms with Crippen molar-refractivity contribution in [3.8, 4) is 5.00 Å². The zero-order valence-electron chi connectivity index (χ0n) is 15.0. The molecule has 0 amide bonds. The van der Waals surface area contributed by atoms with Gasteiger partial charge in [0.2, 0.25) is 0 Å². The summed E-state index contributed by atoms with van der Waals surface area (Å²) in [6, 6.07) is 6.84. The molecule has 0 fully saturated rings. The molecule has 0 saturated carbocycles. The number of aliphatic imine (C=N–C) groups is 1. The normalized spacial score (nSPS) is 15.7. The van der Waals surface area contributed by atoms with Crippen LogP contribution in [0.4, 0.5) is 0 Å². The predicted molar refractivity (Wildman–Crippen MR) is 106 cm³/mol. The van der Waals surface area contributed by atoms with Crippen LogP contribution in [0, 0.1) is 20.8 Å². The van der Waals surface area contributed by atoms with E-state index in [1.165, 1.54) is 4.88 Å². The van der Waals surface area contributed by atoms with Gasteiger partial charge >= 0.3 is 5.97 Å². The van der Waals surface area contributed by atoms with Gasteiger partial charge in [-0.15, -0.1) is 21.5 Å². The van der Waals surface area contributed by atoms with Gasteiger partial charge in [0, 0.05) is 21.0 Å². The number of fused-ring (bicyclic) bond motifs is 3. The number of aryl methyl sites for hydroxylation is 2. The first kappa shape index (κ1) is 17.9. The van der Waals surface area contributed by atoms with Crippen LogP contribution in [0.15, 0.2) is 29.3 Å². The van der Waals surface area contributed by atoms with E-state index in [0.29, 0.717) is 10.8 Å². The third-order valence-electron chi connectivity index (χ3n) is 4.73. The first-order chi connectivity index (χ1) is 12.9. The van der Waals surface area contributed by atoms with Crippen LogP contribution in [0.25, 0.3) is 5.00 Å². The molecule has 0 spiro atoms. The van der Waals surface area contributed by atoms with Crippen molar-refractivity contribution in [2.45, 2.75) is 33.2 Å². The van der Waals surface area contributed by atoms with Crippen molar-refractivity contribution in [2.24, 2.45) is 4.99 Å². The van der Waals surface area contributed by atoms with E-state index in [4.69, 9.17) is 16.6 Å². The first-order valence-corrected chi connectivity index (χ1v) is 9.64. The third-order valence-corrected chi connectivity index (χ3v) is 6.17. The van der Waals surface area contributed by atoms with Crippen molar-refractivity contribution in [2.75, 3.05) is 0 Å². The lowest BCUT2D eigenvalue weighted by Gasteiger charge is -2.10. The minimum absolute atomic E-state index is 0.151. The maximum atomic E-state index is 11.5. The molecule has 1 N–H and O–H groups in total. The standard InChI is InChI=1S/C19H17ClN4O2S/c1-9-10(2)27-19-16(9)17(12-4-6-13(20)7-5-12)21-14(8-15(25)26)18-23-22-11(3)24(18)19/h4-7,14H,8H2,1-3H3,(H,25,26)/t14-/m0/s1. The van der Waals surface area contributed by atoms with E-state index in [9.17, 15) is 9.90 Å². The summed E-state index contributed by atoms with van der Waals surface area (Å²) in [5.41, 5.74) is 3.78. The molecular weight excluding hydrogens is 384 g/mol. The average Bonchev–Trinajstić information content (AvgIpc) is 3.08. The quantitative estimate of drug-likeness (QED) is 0.711. The van der Waals surface area contributed by atoms with Gasteiger partial charge in [0.1, 0.15) is 16.9 Å². The molecule has 6 nitrogen and oxygen atoms in total. The van der Waals surface area contributed by atoms with E-state index in [1.807, 2.05) is 35.8 Å². The molecule has 1 atom stereocenters. The number of benzene rings is 1. The van der Waals surface area contributed by atoms with Crippen LogP contribution >= 0.6 is 22.9 Å². The fourth-order valence-electron chi connectivity index (χ4n) is 3.30. The van der Waals surface area contributed by atoms with Gasteiger partial charge in [-0.3, -0.25) is 14.4 Å². The minimum atomic E-state index is -0.926. The molecule has 3 aromatic rings. The van der Waals surface area contributed by atoms with Crippen molar-refractivity contribution < 1.29 is 9.90 Å². The van der Waals surface area contributed by atoms with Crippen molar-refractivity contribution in [3.63, 3.8) is 0 Å². The van der Waals surface area contributed by atoms with Crippen LogP contribution < -0.4 is 0 Å². The number of rotatable bonds is 3. The topological polar surface area (TPSA) is 80.4 Å². The number of aliphatic carboxylic acids is 1. The second-order valence-electron chi connectivity index (χ2n) is 6.50. The summed E-state index contributed by atoms with van der Waals surface area (Å²) in [7, 11) is 0. The Bertz CT molecular complexity index is 1080. The molecule has 3 heterocycles. The summed E-state index contributed by atoms with van der Waals surface area (Å²) in [6.07, 6.45) is -0.151. The Balaban J connectivity index is 2.04. The largest absolute Gasteiger partial charge is 0.481 e. The van der Waals surface area contributed by atoms with Gasteiger partial charge in [-0.05, 0) is 38.5 Å². The molecule has 1 aliphatic heterocycles. The monoisotopic (exact) mass is 400 g/mol. The zero-order valence-corrected chi connectivity index (χ0v) is 16.6. The van der Waals surface area contributed by atoms with Crippen molar-refractivity contribution in [1.82, 2.24) is 14.8 Å². The number of nitrogens with zero attached hydrogens (tertiary/aromatic N) is 4. The van der Waals surface area contributed by atoms with Gasteiger partial charge in [0.05, 0.1) is 12.1 Å². The molecule has 8 heteroatoms. The fourth-order valence-corrected chi connectivity index (χ4v) is 4.64. The van der Waals surface area contributed by atoms with Crippen LogP contribution in [0.3, 0.4) is 0 Å². The summed E-state index contributed by atoms with van der Waals surface area (Å²) < 4.78 is 1.94. The number of hydrogen-bond acceptors (Lipinski definition) is 5. The van der Waals surface area contributed by atoms with Crippen LogP contribution in [-0.4, -0.2) is 31.6 Å². The lowest BCUT2D eigenvalue weighted by atomic mass is 9.99. The van der Waals surface area contributed by atoms with Crippen LogP contribution in [0.1, 0.15) is 45.7 Å². The molecule has 0 bridgehead atoms. The number of hydrogen-bond donors (Lipinski definition) is 1. The van der Waals surface area contributed by atoms with Crippen molar-refractivity contribution in [1.29, 1.82) is 0 Å². The van der Waals surface area contributed by atoms with E-state index in [0.717, 1.165) is 33.2 Å². The Morgan fingerprint density at radius 1 is 1.22 bits per heavy atom. The molecule has 0 aliphatic carbocycles. The van der Waals surface area contributed by atoms with Gasteiger partial charge < -0.3 is 5.11 Å². The lowest BCUT2D eigenvalue weighted by Crippen LogP contribution is -2.10. The zero-order chi connectivity index (χ0) is 19.3. The summed E-state index contributed by atoms with van der Waals surface area (Å²) in [5.74, 6) is 0.348. The minimum Gasteiger partial charge on any atom is -0.481 e. The average molecular weight is 401 g/mol. The molecule has 0 unspecified atom stereocenters. The number of aromatic nitrogens is 3. The molecule has 2 aromatic heterocycles. The van der Waals surface area contributed by atoms with Gasteiger partial charge in [0.15, 0.2) is 5.82 Å². The highest BCUT2D eigenvalue weighted by atomic mass is 35.5. The molecule has 138 valence electrons. The highest BCUT2D eigenvalue weighted by molar-refractivity contribution is 7.15. The number of thiophene rings is 1. The SMILES string of the molecule is Cc1sc2c(c1C)C(c1ccc(Cl)cc1)=N[C@@H](CC(=O)O)c1nnc(C)n1-2. The Labute approximate surface area is 165 Å². The lowest BCUT2D eigenvalue weighted by molar-refractivity contribution is -0.137. The van der Waals surface area contributed by atoms with Crippen LogP contribution in [0.2, 0.25) is 5.02 Å². The number of carboxylic acid groups (broad SMARTS) is 1. The highest BCUT2D eigenvalue weighted by Crippen LogP contribution is 2.39. The Morgan fingerprint density at radius 2 is 1.93 bits per heavy atom. The molecule has 1 aliphatic rings. The highest BCUT2D eigenvalue weighted by Gasteiger charge is 2.32. The number of halogens is 1. The van der Waals surface area contributed by atoms with E-state index < -0.39 is 12.0 Å². The molecular formula is C19H17ClN4O2S. The molecule has 0 saturated heterocycles. The molecule has 4 rings (SSSR count). The second kappa shape index (κ2) is 6.58. The van der Waals surface area contributed by atoms with E-state index >= 15 is 0 Å². The maximum Gasteiger partial charge on any atom is 0.306 e. The maximum absolute atomic E-state index is 11.5. The number of carbonyl (C=O) groups is 1. The predicted octanol–water partition coefficient (Wildman–Crippen LogP) is 4.27. The van der Waals surface area contributed by atoms with Gasteiger partial charge in [-0.1, -0.05) is 23.7 Å². The Hall–Kier alpha value is -2.51. The van der Waals surface area contributed by atoms with E-state index in [2.05, 4.69) is 24.0 Å². The van der Waals surface area contributed by atoms with Gasteiger partial charge in [-0.25, -0.2) is 0 Å². The summed E-state index contributed by atoms with van der Waals surface area (Å²) >= 11 is 7.70. The van der Waals surface area contributed by atoms with Gasteiger partial charge in [-0.2, -0.15) is 0 Å². The smallest absolute Gasteiger partial charge is 0.306 e. The Morgan fingerprint density at radius 3 is 2.59 bits per heavy atom. The van der Waals surface area contributed by atoms with Gasteiger partial charge in [0.25, 0.3) is 0 Å². The van der Waals surface area contributed by atoms with E-state index in [1.54, 1.807) is 11.3 Å². The van der Waals surface area contributed by atoms with Crippen molar-refractivity contribution in [3.05, 3.63) is 62.5 Å². The molecule has 27 heavy (non-hydrogen) atoms. The summed E-state index contributed by atoms with van der Waals surface area (Å²) in [6.45, 7) is 6.00. The molecule has 1 aromatic carbocycles.